The van der Waals surface area contributed by atoms with Gasteiger partial charge in [0.05, 0.1) is 0 Å². The first-order valence-corrected chi connectivity index (χ1v) is 6.95. The van der Waals surface area contributed by atoms with Gasteiger partial charge in [-0.15, -0.1) is 13.2 Å². The molecule has 0 aliphatic carbocycles. The van der Waals surface area contributed by atoms with Gasteiger partial charge in [0.15, 0.2) is 0 Å². The smallest absolute Gasteiger partial charge is 0.270 e. The van der Waals surface area contributed by atoms with Crippen LogP contribution in [0.15, 0.2) is 36.5 Å². The maximum Gasteiger partial charge on any atom is 0.270 e. The maximum absolute atomic E-state index is 13.3. The Morgan fingerprint density at radius 1 is 1.21 bits per heavy atom. The lowest BCUT2D eigenvalue weighted by atomic mass is 9.93. The van der Waals surface area contributed by atoms with Crippen molar-refractivity contribution in [2.45, 2.75) is 59.4 Å². The Balaban J connectivity index is 0. The van der Waals surface area contributed by atoms with Crippen LogP contribution in [0.2, 0.25) is 0 Å². The van der Waals surface area contributed by atoms with Gasteiger partial charge in [0, 0.05) is 18.5 Å². The molecule has 1 rings (SSSR count). The van der Waals surface area contributed by atoms with Gasteiger partial charge in [-0.3, -0.25) is 0 Å². The van der Waals surface area contributed by atoms with Gasteiger partial charge in [0.2, 0.25) is 0 Å². The molecule has 1 N–H and O–H groups in total. The number of hydrogen-bond acceptors (Lipinski definition) is 1. The summed E-state index contributed by atoms with van der Waals surface area (Å²) in [5.41, 5.74) is 0.909. The van der Waals surface area contributed by atoms with Gasteiger partial charge in [0.25, 0.3) is 5.92 Å². The number of rotatable bonds is 3. The summed E-state index contributed by atoms with van der Waals surface area (Å²) in [6, 6.07) is 0.104. The van der Waals surface area contributed by atoms with Crippen molar-refractivity contribution in [3.8, 4) is 0 Å². The second-order valence-corrected chi connectivity index (χ2v) is 3.98. The molecule has 1 fully saturated rings. The Labute approximate surface area is 117 Å². The molecule has 1 nitrogen and oxygen atoms in total. The molecule has 112 valence electrons. The van der Waals surface area contributed by atoms with E-state index in [1.165, 1.54) is 6.08 Å². The van der Waals surface area contributed by atoms with E-state index in [-0.39, 0.29) is 11.6 Å². The van der Waals surface area contributed by atoms with Crippen molar-refractivity contribution in [1.29, 1.82) is 0 Å². The molecule has 1 heterocycles. The summed E-state index contributed by atoms with van der Waals surface area (Å²) in [5.74, 6) is -2.75. The first kappa shape index (κ1) is 20.4. The summed E-state index contributed by atoms with van der Waals surface area (Å²) in [6.45, 7) is 15.4. The number of nitrogens with one attached hydrogen (secondary N) is 1. The lowest BCUT2D eigenvalue weighted by molar-refractivity contribution is 0.0648. The molecule has 0 saturated carbocycles. The molecule has 0 aromatic carbocycles. The van der Waals surface area contributed by atoms with Gasteiger partial charge >= 0.3 is 0 Å². The molecule has 0 radical (unpaired) electrons. The fourth-order valence-electron chi connectivity index (χ4n) is 2.17. The van der Waals surface area contributed by atoms with E-state index in [1.54, 1.807) is 13.0 Å². The van der Waals surface area contributed by atoms with Gasteiger partial charge in [-0.1, -0.05) is 26.0 Å². The fourth-order valence-corrected chi connectivity index (χ4v) is 2.17. The molecule has 0 aromatic rings. The van der Waals surface area contributed by atoms with E-state index in [4.69, 9.17) is 0 Å². The van der Waals surface area contributed by atoms with Crippen LogP contribution in [0.4, 0.5) is 8.78 Å². The molecular formula is C16H29F2N. The molecule has 0 spiro atoms. The third kappa shape index (κ3) is 6.67. The summed E-state index contributed by atoms with van der Waals surface area (Å²) in [6.07, 6.45) is 5.34. The number of halogens is 2. The van der Waals surface area contributed by atoms with Crippen molar-refractivity contribution in [2.75, 3.05) is 6.54 Å². The average Bonchev–Trinajstić information content (AvgIpc) is 2.92. The molecule has 0 bridgehead atoms. The monoisotopic (exact) mass is 273 g/mol. The third-order valence-electron chi connectivity index (χ3n) is 2.82. The van der Waals surface area contributed by atoms with Gasteiger partial charge in [-0.25, -0.2) is 8.78 Å². The van der Waals surface area contributed by atoms with Gasteiger partial charge < -0.3 is 5.32 Å². The van der Waals surface area contributed by atoms with Crippen LogP contribution in [-0.4, -0.2) is 18.5 Å². The van der Waals surface area contributed by atoms with E-state index >= 15 is 0 Å². The molecular weight excluding hydrogens is 244 g/mol. The summed E-state index contributed by atoms with van der Waals surface area (Å²) in [5, 5.41) is 3.25. The number of hydrogen-bond donors (Lipinski definition) is 1. The Morgan fingerprint density at radius 3 is 2.00 bits per heavy atom. The summed E-state index contributed by atoms with van der Waals surface area (Å²) >= 11 is 0. The van der Waals surface area contributed by atoms with E-state index in [9.17, 15) is 8.78 Å². The highest BCUT2D eigenvalue weighted by atomic mass is 19.3. The Hall–Kier alpha value is -0.960. The van der Waals surface area contributed by atoms with Crippen LogP contribution in [-0.2, 0) is 0 Å². The third-order valence-corrected chi connectivity index (χ3v) is 2.82. The largest absolute Gasteiger partial charge is 0.310 e. The molecule has 1 atom stereocenters. The normalized spacial score (nSPS) is 20.1. The maximum atomic E-state index is 13.3. The first-order valence-electron chi connectivity index (χ1n) is 6.95. The molecule has 1 unspecified atom stereocenters. The predicted molar refractivity (Wildman–Crippen MR) is 81.8 cm³/mol. The second kappa shape index (κ2) is 10.9. The van der Waals surface area contributed by atoms with Crippen molar-refractivity contribution >= 4 is 0 Å². The van der Waals surface area contributed by atoms with Gasteiger partial charge in [-0.2, -0.15) is 0 Å². The predicted octanol–water partition coefficient (Wildman–Crippen LogP) is 5.11. The Kier molecular flexibility index (Phi) is 11.7. The minimum atomic E-state index is -2.75. The average molecular weight is 273 g/mol. The lowest BCUT2D eigenvalue weighted by Gasteiger charge is -2.22. The van der Waals surface area contributed by atoms with Crippen LogP contribution in [0, 0.1) is 0 Å². The standard InChI is InChI=1S/C12H19F2N.C2H6.C2H4/c1-4-9(11-7-6-8-15-11)10(5-2)12(3,13)14;2*1-2/h4-5,11,15H,6-8H2,1-3H3;1-2H3;1-2H2/b9-4+,10-5+;;. The van der Waals surface area contributed by atoms with Crippen molar-refractivity contribution < 1.29 is 8.78 Å². The van der Waals surface area contributed by atoms with Crippen LogP contribution < -0.4 is 5.32 Å². The van der Waals surface area contributed by atoms with E-state index in [1.807, 2.05) is 20.8 Å². The zero-order valence-corrected chi connectivity index (χ0v) is 13.0. The second-order valence-electron chi connectivity index (χ2n) is 3.98. The van der Waals surface area contributed by atoms with Crippen molar-refractivity contribution in [1.82, 2.24) is 5.32 Å². The van der Waals surface area contributed by atoms with Crippen molar-refractivity contribution in [3.05, 3.63) is 36.5 Å². The first-order chi connectivity index (χ1) is 9.00. The fraction of sp³-hybridized carbons (Fsp3) is 0.625. The molecule has 19 heavy (non-hydrogen) atoms. The van der Waals surface area contributed by atoms with Crippen LogP contribution in [0.5, 0.6) is 0 Å². The highest BCUT2D eigenvalue weighted by Gasteiger charge is 2.33. The quantitative estimate of drug-likeness (QED) is 0.556. The molecule has 3 heteroatoms. The highest BCUT2D eigenvalue weighted by molar-refractivity contribution is 5.39. The zero-order chi connectivity index (χ0) is 15.5. The Morgan fingerprint density at radius 2 is 1.74 bits per heavy atom. The van der Waals surface area contributed by atoms with Crippen molar-refractivity contribution in [3.63, 3.8) is 0 Å². The summed E-state index contributed by atoms with van der Waals surface area (Å²) in [4.78, 5) is 0. The molecule has 1 aliphatic rings. The molecule has 0 amide bonds. The minimum absolute atomic E-state index is 0.104. The lowest BCUT2D eigenvalue weighted by Crippen LogP contribution is -2.29. The molecule has 0 aromatic heterocycles. The van der Waals surface area contributed by atoms with Crippen molar-refractivity contribution in [2.24, 2.45) is 0 Å². The highest BCUT2D eigenvalue weighted by Crippen LogP contribution is 2.32. The van der Waals surface area contributed by atoms with Crippen LogP contribution in [0.25, 0.3) is 0 Å². The molecule has 1 saturated heterocycles. The number of allylic oxidation sites excluding steroid dienone is 2. The topological polar surface area (TPSA) is 12.0 Å². The van der Waals surface area contributed by atoms with Crippen LogP contribution in [0.1, 0.15) is 47.5 Å². The van der Waals surface area contributed by atoms with Gasteiger partial charge in [0.1, 0.15) is 0 Å². The number of alkyl halides is 2. The molecule has 1 aliphatic heterocycles. The van der Waals surface area contributed by atoms with E-state index in [0.717, 1.165) is 31.9 Å². The van der Waals surface area contributed by atoms with E-state index < -0.39 is 5.92 Å². The summed E-state index contributed by atoms with van der Waals surface area (Å²) in [7, 11) is 0. The van der Waals surface area contributed by atoms with E-state index in [2.05, 4.69) is 18.5 Å². The zero-order valence-electron chi connectivity index (χ0n) is 13.0. The van der Waals surface area contributed by atoms with E-state index in [0.29, 0.717) is 0 Å². The van der Waals surface area contributed by atoms with Crippen LogP contribution >= 0.6 is 0 Å². The summed E-state index contributed by atoms with van der Waals surface area (Å²) < 4.78 is 26.7. The van der Waals surface area contributed by atoms with Crippen LogP contribution in [0.3, 0.4) is 0 Å². The SMILES string of the molecule is C/C=C(\C(=C/C)C(C)(F)F)C1CCCN1.C=C.CC. The minimum Gasteiger partial charge on any atom is -0.310 e. The van der Waals surface area contributed by atoms with Gasteiger partial charge in [-0.05, 0) is 38.8 Å². The Bertz CT molecular complexity index is 282.